The second kappa shape index (κ2) is 9.10. The average molecular weight is 364 g/mol. The van der Waals surface area contributed by atoms with Crippen LogP contribution in [0.15, 0.2) is 18.2 Å². The first-order valence-electron chi connectivity index (χ1n) is 10.4. The van der Waals surface area contributed by atoms with Gasteiger partial charge in [-0.2, -0.15) is 0 Å². The molecule has 0 nitrogen and oxygen atoms in total. The Morgan fingerprint density at radius 1 is 0.808 bits per heavy atom. The minimum Gasteiger partial charge on any atom is -0.204 e. The molecule has 0 bridgehead atoms. The third kappa shape index (κ3) is 4.92. The maximum absolute atomic E-state index is 13.4. The zero-order valence-electron chi connectivity index (χ0n) is 15.9. The van der Waals surface area contributed by atoms with Crippen LogP contribution in [0.3, 0.4) is 0 Å². The van der Waals surface area contributed by atoms with Crippen LogP contribution in [-0.2, 0) is 0 Å². The molecule has 1 fully saturated rings. The van der Waals surface area contributed by atoms with Crippen LogP contribution < -0.4 is 0 Å². The summed E-state index contributed by atoms with van der Waals surface area (Å²) in [5.41, 5.74) is 1.45. The minimum atomic E-state index is -1.38. The number of rotatable bonds is 6. The fourth-order valence-corrected chi connectivity index (χ4v) is 4.84. The van der Waals surface area contributed by atoms with E-state index in [1.54, 1.807) is 0 Å². The molecule has 1 unspecified atom stereocenters. The van der Waals surface area contributed by atoms with Crippen molar-refractivity contribution in [3.8, 4) is 0 Å². The maximum Gasteiger partial charge on any atom is 0.194 e. The molecule has 0 aromatic heterocycles. The van der Waals surface area contributed by atoms with Crippen LogP contribution in [0.25, 0.3) is 5.57 Å². The van der Waals surface area contributed by atoms with Crippen molar-refractivity contribution in [1.29, 1.82) is 0 Å². The van der Waals surface area contributed by atoms with Gasteiger partial charge in [0.05, 0.1) is 0 Å². The molecule has 0 heterocycles. The standard InChI is InChI=1S/C23H31F3/c1-2-3-16-4-6-17(7-5-16)8-9-18-10-12-19(13-11-18)20-14-21(24)23(26)22(25)15-20/h12,14-18H,2-11,13H2,1H3. The predicted octanol–water partition coefficient (Wildman–Crippen LogP) is 7.67. The lowest BCUT2D eigenvalue weighted by atomic mass is 9.76. The Kier molecular flexibility index (Phi) is 6.83. The van der Waals surface area contributed by atoms with Crippen molar-refractivity contribution >= 4 is 5.57 Å². The molecule has 0 amide bonds. The van der Waals surface area contributed by atoms with Gasteiger partial charge in [0.15, 0.2) is 17.5 Å². The van der Waals surface area contributed by atoms with Gasteiger partial charge in [-0.15, -0.1) is 0 Å². The lowest BCUT2D eigenvalue weighted by Crippen LogP contribution is -2.16. The molecule has 26 heavy (non-hydrogen) atoms. The first kappa shape index (κ1) is 19.5. The summed E-state index contributed by atoms with van der Waals surface area (Å²) in [7, 11) is 0. The molecule has 0 aliphatic heterocycles. The van der Waals surface area contributed by atoms with E-state index in [1.165, 1.54) is 51.4 Å². The molecule has 1 atom stereocenters. The van der Waals surface area contributed by atoms with Crippen LogP contribution in [0.1, 0.15) is 83.1 Å². The van der Waals surface area contributed by atoms with Crippen LogP contribution >= 0.6 is 0 Å². The fraction of sp³-hybridized carbons (Fsp3) is 0.652. The summed E-state index contributed by atoms with van der Waals surface area (Å²) in [6, 6.07) is 2.25. The summed E-state index contributed by atoms with van der Waals surface area (Å²) < 4.78 is 40.0. The van der Waals surface area contributed by atoms with E-state index < -0.39 is 17.5 Å². The van der Waals surface area contributed by atoms with Crippen molar-refractivity contribution < 1.29 is 13.2 Å². The van der Waals surface area contributed by atoms with Crippen molar-refractivity contribution in [1.82, 2.24) is 0 Å². The zero-order valence-corrected chi connectivity index (χ0v) is 15.9. The highest BCUT2D eigenvalue weighted by Crippen LogP contribution is 2.38. The number of benzene rings is 1. The van der Waals surface area contributed by atoms with Crippen LogP contribution in [-0.4, -0.2) is 0 Å². The minimum absolute atomic E-state index is 0.495. The lowest BCUT2D eigenvalue weighted by Gasteiger charge is -2.30. The van der Waals surface area contributed by atoms with Crippen LogP contribution in [0, 0.1) is 35.2 Å². The summed E-state index contributed by atoms with van der Waals surface area (Å²) in [6.45, 7) is 2.28. The Morgan fingerprint density at radius 3 is 1.92 bits per heavy atom. The molecule has 2 aliphatic carbocycles. The summed E-state index contributed by atoms with van der Waals surface area (Å²) >= 11 is 0. The van der Waals surface area contributed by atoms with E-state index in [-0.39, 0.29) is 0 Å². The van der Waals surface area contributed by atoms with E-state index in [0.717, 1.165) is 48.8 Å². The van der Waals surface area contributed by atoms with E-state index in [2.05, 4.69) is 13.0 Å². The first-order chi connectivity index (χ1) is 12.6. The van der Waals surface area contributed by atoms with Gasteiger partial charge in [0, 0.05) is 0 Å². The van der Waals surface area contributed by atoms with Crippen molar-refractivity contribution in [2.45, 2.75) is 77.6 Å². The van der Waals surface area contributed by atoms with Gasteiger partial charge in [-0.1, -0.05) is 57.9 Å². The lowest BCUT2D eigenvalue weighted by molar-refractivity contribution is 0.237. The van der Waals surface area contributed by atoms with Gasteiger partial charge in [-0.05, 0) is 66.7 Å². The second-order valence-corrected chi connectivity index (χ2v) is 8.38. The van der Waals surface area contributed by atoms with Gasteiger partial charge < -0.3 is 0 Å². The third-order valence-electron chi connectivity index (χ3n) is 6.52. The summed E-state index contributed by atoms with van der Waals surface area (Å²) in [5.74, 6) is -1.02. The zero-order chi connectivity index (χ0) is 18.5. The predicted molar refractivity (Wildman–Crippen MR) is 101 cm³/mol. The van der Waals surface area contributed by atoms with Gasteiger partial charge >= 0.3 is 0 Å². The topological polar surface area (TPSA) is 0 Å². The molecular formula is C23H31F3. The van der Waals surface area contributed by atoms with E-state index >= 15 is 0 Å². The molecule has 1 aromatic rings. The molecule has 3 rings (SSSR count). The average Bonchev–Trinajstić information content (AvgIpc) is 2.66. The number of allylic oxidation sites excluding steroid dienone is 2. The molecule has 144 valence electrons. The van der Waals surface area contributed by atoms with Crippen molar-refractivity contribution in [2.24, 2.45) is 17.8 Å². The molecule has 0 saturated heterocycles. The third-order valence-corrected chi connectivity index (χ3v) is 6.52. The number of halogens is 3. The normalized spacial score (nSPS) is 26.6. The first-order valence-corrected chi connectivity index (χ1v) is 10.4. The van der Waals surface area contributed by atoms with E-state index in [4.69, 9.17) is 0 Å². The molecular weight excluding hydrogens is 333 g/mol. The Bertz CT molecular complexity index is 603. The summed E-state index contributed by atoms with van der Waals surface area (Å²) in [4.78, 5) is 0. The van der Waals surface area contributed by atoms with Gasteiger partial charge in [0.2, 0.25) is 0 Å². The fourth-order valence-electron chi connectivity index (χ4n) is 4.84. The quantitative estimate of drug-likeness (QED) is 0.454. The van der Waals surface area contributed by atoms with Gasteiger partial charge in [-0.25, -0.2) is 13.2 Å². The smallest absolute Gasteiger partial charge is 0.194 e. The van der Waals surface area contributed by atoms with Gasteiger partial charge in [-0.3, -0.25) is 0 Å². The molecule has 1 aromatic carbocycles. The van der Waals surface area contributed by atoms with E-state index in [9.17, 15) is 13.2 Å². The molecule has 1 saturated carbocycles. The highest BCUT2D eigenvalue weighted by molar-refractivity contribution is 5.66. The SMILES string of the molecule is CCCC1CCC(CCC2CC=C(c3cc(F)c(F)c(F)c3)CC2)CC1. The molecule has 2 aliphatic rings. The largest absolute Gasteiger partial charge is 0.204 e. The molecule has 0 radical (unpaired) electrons. The van der Waals surface area contributed by atoms with E-state index in [1.807, 2.05) is 0 Å². The number of hydrogen-bond acceptors (Lipinski definition) is 0. The Balaban J connectivity index is 1.46. The van der Waals surface area contributed by atoms with Gasteiger partial charge in [0.1, 0.15) is 0 Å². The van der Waals surface area contributed by atoms with E-state index in [0.29, 0.717) is 11.5 Å². The summed E-state index contributed by atoms with van der Waals surface area (Å²) in [6.07, 6.45) is 15.9. The Labute approximate surface area is 155 Å². The molecule has 3 heteroatoms. The highest BCUT2D eigenvalue weighted by Gasteiger charge is 2.23. The Morgan fingerprint density at radius 2 is 1.38 bits per heavy atom. The van der Waals surface area contributed by atoms with Crippen LogP contribution in [0.2, 0.25) is 0 Å². The monoisotopic (exact) mass is 364 g/mol. The Hall–Kier alpha value is -1.25. The maximum atomic E-state index is 13.4. The molecule has 0 spiro atoms. The number of hydrogen-bond donors (Lipinski definition) is 0. The second-order valence-electron chi connectivity index (χ2n) is 8.38. The molecule has 0 N–H and O–H groups in total. The highest BCUT2D eigenvalue weighted by atomic mass is 19.2. The van der Waals surface area contributed by atoms with Crippen LogP contribution in [0.4, 0.5) is 13.2 Å². The summed E-state index contributed by atoms with van der Waals surface area (Å²) in [5, 5.41) is 0. The van der Waals surface area contributed by atoms with Crippen molar-refractivity contribution in [3.63, 3.8) is 0 Å². The van der Waals surface area contributed by atoms with Gasteiger partial charge in [0.25, 0.3) is 0 Å². The van der Waals surface area contributed by atoms with Crippen LogP contribution in [0.5, 0.6) is 0 Å². The van der Waals surface area contributed by atoms with Crippen molar-refractivity contribution in [3.05, 3.63) is 41.2 Å². The van der Waals surface area contributed by atoms with Crippen molar-refractivity contribution in [2.75, 3.05) is 0 Å².